The van der Waals surface area contributed by atoms with Crippen molar-refractivity contribution in [3.8, 4) is 0 Å². The van der Waals surface area contributed by atoms with Crippen molar-refractivity contribution < 1.29 is 9.59 Å². The lowest BCUT2D eigenvalue weighted by Crippen LogP contribution is -2.49. The van der Waals surface area contributed by atoms with Gasteiger partial charge in [0.05, 0.1) is 9.81 Å². The van der Waals surface area contributed by atoms with Crippen molar-refractivity contribution in [1.29, 1.82) is 0 Å². The van der Waals surface area contributed by atoms with E-state index in [9.17, 15) is 9.59 Å². The molecule has 0 bridgehead atoms. The number of carbonyl (C=O) groups excluding carboxylic acids is 2. The van der Waals surface area contributed by atoms with Gasteiger partial charge in [0.1, 0.15) is 0 Å². The number of nitrogens with zero attached hydrogens (tertiary/aromatic N) is 4. The quantitative estimate of drug-likeness (QED) is 0.365. The van der Waals surface area contributed by atoms with E-state index < -0.39 is 0 Å². The number of amides is 2. The highest BCUT2D eigenvalue weighted by molar-refractivity contribution is 8.18. The molecule has 1 fully saturated rings. The number of piperazine rings is 1. The highest BCUT2D eigenvalue weighted by atomic mass is 35.5. The van der Waals surface area contributed by atoms with Gasteiger partial charge >= 0.3 is 0 Å². The molecule has 2 aromatic rings. The molecule has 0 spiro atoms. The summed E-state index contributed by atoms with van der Waals surface area (Å²) in [6.45, 7) is 2.51. The molecule has 12 heteroatoms. The molecular weight excluding hydrogens is 582 g/mol. The predicted molar refractivity (Wildman–Crippen MR) is 152 cm³/mol. The minimum atomic E-state index is -0.317. The summed E-state index contributed by atoms with van der Waals surface area (Å²) in [5.74, 6) is -0.634. The van der Waals surface area contributed by atoms with Gasteiger partial charge in [-0.15, -0.1) is 0 Å². The lowest BCUT2D eigenvalue weighted by molar-refractivity contribution is -0.114. The number of hydrogen-bond acceptors (Lipinski definition) is 6. The van der Waals surface area contributed by atoms with E-state index in [1.54, 1.807) is 48.6 Å². The van der Waals surface area contributed by atoms with Crippen LogP contribution in [-0.2, 0) is 9.59 Å². The van der Waals surface area contributed by atoms with Crippen LogP contribution in [0.2, 0.25) is 20.1 Å². The minimum absolute atomic E-state index is 0.317. The molecule has 6 nitrogen and oxygen atoms in total. The molecular formula is C24H16Cl4N4O2S2. The van der Waals surface area contributed by atoms with Crippen molar-refractivity contribution in [3.63, 3.8) is 0 Å². The third kappa shape index (κ3) is 5.35. The molecule has 2 amide bonds. The van der Waals surface area contributed by atoms with Crippen LogP contribution in [0.3, 0.4) is 0 Å². The molecule has 0 unspecified atom stereocenters. The second kappa shape index (κ2) is 10.8. The Labute approximate surface area is 236 Å². The van der Waals surface area contributed by atoms with Gasteiger partial charge in [-0.25, -0.2) is 0 Å². The smallest absolute Gasteiger partial charge is 0.286 e. The number of halogens is 4. The largest absolute Gasteiger partial charge is 0.347 e. The summed E-state index contributed by atoms with van der Waals surface area (Å²) < 4.78 is 0. The lowest BCUT2D eigenvalue weighted by atomic mass is 10.2. The topological polar surface area (TPSA) is 65.3 Å². The van der Waals surface area contributed by atoms with Gasteiger partial charge in [-0.2, -0.15) is 9.98 Å². The fourth-order valence-electron chi connectivity index (χ4n) is 3.71. The maximum Gasteiger partial charge on any atom is 0.286 e. The van der Waals surface area contributed by atoms with Gasteiger partial charge in [0.15, 0.2) is 10.3 Å². The first kappa shape index (κ1) is 25.7. The number of amidine groups is 2. The van der Waals surface area contributed by atoms with E-state index in [1.165, 1.54) is 23.5 Å². The van der Waals surface area contributed by atoms with E-state index in [0.29, 0.717) is 77.5 Å². The van der Waals surface area contributed by atoms with Crippen LogP contribution in [0, 0.1) is 0 Å². The Morgan fingerprint density at radius 3 is 1.31 bits per heavy atom. The number of hydrogen-bond donors (Lipinski definition) is 0. The zero-order valence-electron chi connectivity index (χ0n) is 18.4. The summed E-state index contributed by atoms with van der Waals surface area (Å²) in [5.41, 5.74) is 1.20. The highest BCUT2D eigenvalue weighted by Gasteiger charge is 2.32. The van der Waals surface area contributed by atoms with Gasteiger partial charge < -0.3 is 9.80 Å². The van der Waals surface area contributed by atoms with Crippen LogP contribution in [0.25, 0.3) is 12.2 Å². The van der Waals surface area contributed by atoms with Crippen LogP contribution in [0.5, 0.6) is 0 Å². The second-order valence-corrected chi connectivity index (χ2v) is 11.5. The van der Waals surface area contributed by atoms with Gasteiger partial charge in [0.2, 0.25) is 0 Å². The summed E-state index contributed by atoms with van der Waals surface area (Å²) in [5, 5.41) is 3.17. The lowest BCUT2D eigenvalue weighted by Gasteiger charge is -2.35. The molecule has 0 aromatic heterocycles. The Hall–Kier alpha value is -1.94. The van der Waals surface area contributed by atoms with Gasteiger partial charge in [-0.3, -0.25) is 9.59 Å². The first-order chi connectivity index (χ1) is 17.3. The van der Waals surface area contributed by atoms with Gasteiger partial charge in [0, 0.05) is 57.4 Å². The minimum Gasteiger partial charge on any atom is -0.347 e. The molecule has 3 heterocycles. The SMILES string of the molecule is O=C1N=C(N2CCN(C3=NC(=O)/C(=C\c4c(Cl)cccc4Cl)S3)CC2)S/C1=C\c1c(Cl)cccc1Cl. The summed E-state index contributed by atoms with van der Waals surface area (Å²) in [7, 11) is 0. The normalized spacial score (nSPS) is 20.6. The van der Waals surface area contributed by atoms with Crippen LogP contribution in [0.4, 0.5) is 0 Å². The van der Waals surface area contributed by atoms with Crippen molar-refractivity contribution in [3.05, 3.63) is 77.4 Å². The molecule has 0 atom stereocenters. The second-order valence-electron chi connectivity index (χ2n) is 7.87. The third-order valence-corrected chi connectivity index (χ3v) is 9.00. The first-order valence-electron chi connectivity index (χ1n) is 10.7. The fraction of sp³-hybridized carbons (Fsp3) is 0.167. The maximum absolute atomic E-state index is 12.5. The van der Waals surface area contributed by atoms with Crippen LogP contribution in [0.15, 0.2) is 56.2 Å². The first-order valence-corrected chi connectivity index (χ1v) is 13.9. The van der Waals surface area contributed by atoms with Crippen molar-refractivity contribution >= 4 is 104 Å². The molecule has 1 saturated heterocycles. The van der Waals surface area contributed by atoms with Crippen molar-refractivity contribution in [1.82, 2.24) is 9.80 Å². The Morgan fingerprint density at radius 1 is 0.639 bits per heavy atom. The molecule has 184 valence electrons. The summed E-state index contributed by atoms with van der Waals surface area (Å²) in [6.07, 6.45) is 3.36. The maximum atomic E-state index is 12.5. The van der Waals surface area contributed by atoms with Gasteiger partial charge in [0.25, 0.3) is 11.8 Å². The number of aliphatic imine (C=N–C) groups is 2. The van der Waals surface area contributed by atoms with E-state index in [-0.39, 0.29) is 11.8 Å². The number of rotatable bonds is 2. The van der Waals surface area contributed by atoms with Gasteiger partial charge in [-0.1, -0.05) is 58.5 Å². The monoisotopic (exact) mass is 596 g/mol. The molecule has 0 aliphatic carbocycles. The van der Waals surface area contributed by atoms with E-state index >= 15 is 0 Å². The predicted octanol–water partition coefficient (Wildman–Crippen LogP) is 6.56. The molecule has 3 aliphatic heterocycles. The van der Waals surface area contributed by atoms with Crippen LogP contribution in [-0.4, -0.2) is 58.1 Å². The Kier molecular flexibility index (Phi) is 7.72. The van der Waals surface area contributed by atoms with E-state index in [4.69, 9.17) is 46.4 Å². The molecule has 3 aliphatic rings. The van der Waals surface area contributed by atoms with Crippen molar-refractivity contribution in [2.24, 2.45) is 9.98 Å². The highest BCUT2D eigenvalue weighted by Crippen LogP contribution is 2.36. The van der Waals surface area contributed by atoms with Crippen molar-refractivity contribution in [2.45, 2.75) is 0 Å². The Morgan fingerprint density at radius 2 is 0.972 bits per heavy atom. The van der Waals surface area contributed by atoms with Gasteiger partial charge in [-0.05, 0) is 59.9 Å². The molecule has 36 heavy (non-hydrogen) atoms. The average molecular weight is 598 g/mol. The van der Waals surface area contributed by atoms with Crippen LogP contribution in [0.1, 0.15) is 11.1 Å². The standard InChI is InChI=1S/C24H16Cl4N4O2S2/c25-15-3-1-4-16(26)13(15)11-19-21(33)29-23(35-19)31-7-9-32(10-8-31)24-30-22(34)20(36-24)12-14-17(27)5-2-6-18(14)28/h1-6,11-12H,7-10H2/b19-11-,20-12+. The Balaban J connectivity index is 1.22. The molecule has 2 aromatic carbocycles. The zero-order chi connectivity index (χ0) is 25.4. The van der Waals surface area contributed by atoms with E-state index in [2.05, 4.69) is 19.8 Å². The molecule has 0 saturated carbocycles. The average Bonchev–Trinajstić information content (AvgIpc) is 3.41. The molecule has 0 radical (unpaired) electrons. The summed E-state index contributed by atoms with van der Waals surface area (Å²) >= 11 is 27.6. The van der Waals surface area contributed by atoms with Crippen LogP contribution >= 0.6 is 69.9 Å². The van der Waals surface area contributed by atoms with E-state index in [0.717, 1.165) is 0 Å². The molecule has 5 rings (SSSR count). The summed E-state index contributed by atoms with van der Waals surface area (Å²) in [4.78, 5) is 38.5. The fourth-order valence-corrected chi connectivity index (χ4v) is 6.62. The van der Waals surface area contributed by atoms with E-state index in [1.807, 2.05) is 0 Å². The molecule has 0 N–H and O–H groups in total. The van der Waals surface area contributed by atoms with Crippen LogP contribution < -0.4 is 0 Å². The van der Waals surface area contributed by atoms with Crippen molar-refractivity contribution in [2.75, 3.05) is 26.2 Å². The summed E-state index contributed by atoms with van der Waals surface area (Å²) in [6, 6.07) is 10.4. The number of thioether (sulfide) groups is 2. The third-order valence-electron chi connectivity index (χ3n) is 5.59. The Bertz CT molecular complexity index is 1250. The number of carbonyl (C=O) groups is 2. The number of benzene rings is 2. The zero-order valence-corrected chi connectivity index (χ0v) is 23.0.